The van der Waals surface area contributed by atoms with Gasteiger partial charge in [0.2, 0.25) is 0 Å². The molecule has 118 valence electrons. The number of thiophene rings is 1. The topological polar surface area (TPSA) is 58.6 Å². The molecule has 5 heteroatoms. The Bertz CT molecular complexity index is 841. The first-order valence-corrected chi connectivity index (χ1v) is 8.18. The molecule has 0 aliphatic rings. The number of fused-ring (bicyclic) bond motifs is 1. The molecule has 0 atom stereocenters. The summed E-state index contributed by atoms with van der Waals surface area (Å²) in [6.07, 6.45) is 0.750. The first kappa shape index (κ1) is 15.4. The van der Waals surface area contributed by atoms with Crippen molar-refractivity contribution in [2.45, 2.75) is 6.42 Å². The molecule has 0 spiro atoms. The monoisotopic (exact) mass is 327 g/mol. The molecular weight excluding hydrogens is 310 g/mol. The molecule has 1 aromatic heterocycles. The first-order valence-electron chi connectivity index (χ1n) is 7.30. The van der Waals surface area contributed by atoms with Crippen LogP contribution < -0.4 is 10.1 Å². The van der Waals surface area contributed by atoms with Crippen molar-refractivity contribution in [1.82, 2.24) is 5.32 Å². The maximum Gasteiger partial charge on any atom is 0.255 e. The number of phenolic OH excluding ortho intramolecular Hbond substituents is 1. The predicted octanol–water partition coefficient (Wildman–Crippen LogP) is 3.59. The zero-order chi connectivity index (χ0) is 16.2. The predicted molar refractivity (Wildman–Crippen MR) is 92.5 cm³/mol. The second kappa shape index (κ2) is 6.71. The third-order valence-electron chi connectivity index (χ3n) is 3.70. The van der Waals surface area contributed by atoms with E-state index in [1.165, 1.54) is 22.8 Å². The van der Waals surface area contributed by atoms with E-state index in [2.05, 4.69) is 22.8 Å². The van der Waals surface area contributed by atoms with Crippen LogP contribution in [0.15, 0.2) is 47.8 Å². The van der Waals surface area contributed by atoms with E-state index >= 15 is 0 Å². The molecule has 4 nitrogen and oxygen atoms in total. The summed E-state index contributed by atoms with van der Waals surface area (Å²) in [5.74, 6) is -0.143. The Morgan fingerprint density at radius 3 is 2.87 bits per heavy atom. The lowest BCUT2D eigenvalue weighted by molar-refractivity contribution is 0.0951. The summed E-state index contributed by atoms with van der Waals surface area (Å²) in [5, 5.41) is 16.2. The van der Waals surface area contributed by atoms with Gasteiger partial charge in [-0.05, 0) is 40.9 Å². The van der Waals surface area contributed by atoms with E-state index < -0.39 is 0 Å². The summed E-state index contributed by atoms with van der Waals surface area (Å²) >= 11 is 1.71. The van der Waals surface area contributed by atoms with Crippen LogP contribution in [-0.2, 0) is 6.42 Å². The summed E-state index contributed by atoms with van der Waals surface area (Å²) in [7, 11) is 1.46. The number of para-hydroxylation sites is 1. The number of carbonyl (C=O) groups excluding carboxylic acids is 1. The Morgan fingerprint density at radius 1 is 1.22 bits per heavy atom. The third-order valence-corrected chi connectivity index (χ3v) is 4.72. The van der Waals surface area contributed by atoms with Crippen LogP contribution in [0.25, 0.3) is 10.1 Å². The molecule has 0 radical (unpaired) electrons. The Labute approximate surface area is 138 Å². The number of hydrogen-bond acceptors (Lipinski definition) is 4. The largest absolute Gasteiger partial charge is 0.504 e. The smallest absolute Gasteiger partial charge is 0.255 e. The molecule has 0 bridgehead atoms. The fraction of sp³-hybridized carbons (Fsp3) is 0.167. The van der Waals surface area contributed by atoms with E-state index in [0.29, 0.717) is 12.3 Å². The third kappa shape index (κ3) is 3.14. The number of hydrogen-bond donors (Lipinski definition) is 2. The molecule has 3 aromatic rings. The van der Waals surface area contributed by atoms with Crippen LogP contribution in [0.1, 0.15) is 15.9 Å². The number of nitrogens with one attached hydrogen (secondary N) is 1. The van der Waals surface area contributed by atoms with Gasteiger partial charge in [0.25, 0.3) is 5.91 Å². The molecule has 1 heterocycles. The molecular formula is C18H17NO3S. The average Bonchev–Trinajstić information content (AvgIpc) is 2.98. The van der Waals surface area contributed by atoms with Crippen molar-refractivity contribution in [3.63, 3.8) is 0 Å². The Balaban J connectivity index is 1.66. The molecule has 0 aliphatic carbocycles. The zero-order valence-electron chi connectivity index (χ0n) is 12.7. The minimum Gasteiger partial charge on any atom is -0.504 e. The lowest BCUT2D eigenvalue weighted by Crippen LogP contribution is -2.25. The molecule has 0 aliphatic heterocycles. The number of aromatic hydroxyl groups is 1. The highest BCUT2D eigenvalue weighted by atomic mass is 32.1. The summed E-state index contributed by atoms with van der Waals surface area (Å²) in [6.45, 7) is 0.510. The van der Waals surface area contributed by atoms with Crippen molar-refractivity contribution >= 4 is 27.3 Å². The fourth-order valence-electron chi connectivity index (χ4n) is 2.50. The number of methoxy groups -OCH3 is 1. The lowest BCUT2D eigenvalue weighted by Gasteiger charge is -2.09. The molecule has 0 unspecified atom stereocenters. The van der Waals surface area contributed by atoms with E-state index in [9.17, 15) is 9.90 Å². The van der Waals surface area contributed by atoms with Gasteiger partial charge >= 0.3 is 0 Å². The van der Waals surface area contributed by atoms with Crippen LogP contribution in [0, 0.1) is 0 Å². The summed E-state index contributed by atoms with van der Waals surface area (Å²) in [5.41, 5.74) is 1.44. The highest BCUT2D eigenvalue weighted by Crippen LogP contribution is 2.29. The SMILES string of the molecule is COc1cccc(C(=O)NCCc2csc3ccccc23)c1O. The quantitative estimate of drug-likeness (QED) is 0.753. The van der Waals surface area contributed by atoms with Crippen molar-refractivity contribution in [1.29, 1.82) is 0 Å². The Hall–Kier alpha value is -2.53. The second-order valence-electron chi connectivity index (χ2n) is 5.12. The van der Waals surface area contributed by atoms with E-state index in [4.69, 9.17) is 4.74 Å². The number of rotatable bonds is 5. The van der Waals surface area contributed by atoms with Crippen molar-refractivity contribution in [2.75, 3.05) is 13.7 Å². The van der Waals surface area contributed by atoms with Gasteiger partial charge in [-0.1, -0.05) is 24.3 Å². The van der Waals surface area contributed by atoms with Crippen molar-refractivity contribution < 1.29 is 14.6 Å². The average molecular weight is 327 g/mol. The van der Waals surface area contributed by atoms with Crippen LogP contribution in [0.2, 0.25) is 0 Å². The van der Waals surface area contributed by atoms with Crippen LogP contribution >= 0.6 is 11.3 Å². The highest BCUT2D eigenvalue weighted by Gasteiger charge is 2.14. The van der Waals surface area contributed by atoms with Gasteiger partial charge in [-0.15, -0.1) is 11.3 Å². The van der Waals surface area contributed by atoms with Gasteiger partial charge in [0.15, 0.2) is 11.5 Å². The molecule has 0 fully saturated rings. The van der Waals surface area contributed by atoms with Crippen LogP contribution in [0.5, 0.6) is 11.5 Å². The number of carbonyl (C=O) groups is 1. The van der Waals surface area contributed by atoms with Gasteiger partial charge in [-0.3, -0.25) is 4.79 Å². The second-order valence-corrected chi connectivity index (χ2v) is 6.03. The molecule has 2 N–H and O–H groups in total. The van der Waals surface area contributed by atoms with Crippen LogP contribution in [-0.4, -0.2) is 24.7 Å². The fourth-order valence-corrected chi connectivity index (χ4v) is 3.50. The summed E-state index contributed by atoms with van der Waals surface area (Å²) < 4.78 is 6.27. The molecule has 2 aromatic carbocycles. The minimum atomic E-state index is -0.305. The van der Waals surface area contributed by atoms with Gasteiger partial charge in [0, 0.05) is 11.2 Å². The number of phenols is 1. The van der Waals surface area contributed by atoms with E-state index in [1.54, 1.807) is 29.5 Å². The summed E-state index contributed by atoms with van der Waals surface area (Å²) in [4.78, 5) is 12.2. The number of amides is 1. The van der Waals surface area contributed by atoms with E-state index in [0.717, 1.165) is 6.42 Å². The Morgan fingerprint density at radius 2 is 2.04 bits per heavy atom. The molecule has 0 saturated carbocycles. The van der Waals surface area contributed by atoms with Gasteiger partial charge in [-0.25, -0.2) is 0 Å². The lowest BCUT2D eigenvalue weighted by atomic mass is 10.1. The molecule has 0 saturated heterocycles. The standard InChI is InChI=1S/C18H17NO3S/c1-22-15-7-4-6-14(17(15)20)18(21)19-10-9-12-11-23-16-8-3-2-5-13(12)16/h2-8,11,20H,9-10H2,1H3,(H,19,21). The number of ether oxygens (including phenoxy) is 1. The zero-order valence-corrected chi connectivity index (χ0v) is 13.5. The van der Waals surface area contributed by atoms with Crippen LogP contribution in [0.3, 0.4) is 0 Å². The van der Waals surface area contributed by atoms with Gasteiger partial charge in [-0.2, -0.15) is 0 Å². The maximum absolute atomic E-state index is 12.2. The minimum absolute atomic E-state index is 0.131. The van der Waals surface area contributed by atoms with E-state index in [1.807, 2.05) is 12.1 Å². The molecule has 23 heavy (non-hydrogen) atoms. The Kier molecular flexibility index (Phi) is 4.48. The van der Waals surface area contributed by atoms with Gasteiger partial charge in [0.05, 0.1) is 12.7 Å². The van der Waals surface area contributed by atoms with E-state index in [-0.39, 0.29) is 17.2 Å². The van der Waals surface area contributed by atoms with Crippen molar-refractivity contribution in [3.05, 3.63) is 59.0 Å². The maximum atomic E-state index is 12.2. The highest BCUT2D eigenvalue weighted by molar-refractivity contribution is 7.17. The first-order chi connectivity index (χ1) is 11.2. The van der Waals surface area contributed by atoms with Gasteiger partial charge in [0.1, 0.15) is 0 Å². The number of benzene rings is 2. The van der Waals surface area contributed by atoms with Gasteiger partial charge < -0.3 is 15.2 Å². The van der Waals surface area contributed by atoms with Crippen LogP contribution in [0.4, 0.5) is 0 Å². The van der Waals surface area contributed by atoms with Crippen molar-refractivity contribution in [2.24, 2.45) is 0 Å². The normalized spacial score (nSPS) is 10.7. The molecule has 3 rings (SSSR count). The molecule has 1 amide bonds. The summed E-state index contributed by atoms with van der Waals surface area (Å²) in [6, 6.07) is 13.1. The van der Waals surface area contributed by atoms with Crippen molar-refractivity contribution in [3.8, 4) is 11.5 Å².